The SMILES string of the molecule is COc1ccc(OC(=S)Nc2ccc(C)cc2)cc1. The van der Waals surface area contributed by atoms with Crippen LogP contribution >= 0.6 is 12.2 Å². The van der Waals surface area contributed by atoms with Crippen molar-refractivity contribution in [3.8, 4) is 11.5 Å². The van der Waals surface area contributed by atoms with Gasteiger partial charge in [0.2, 0.25) is 0 Å². The molecular weight excluding hydrogens is 258 g/mol. The minimum Gasteiger partial charge on any atom is -0.497 e. The lowest BCUT2D eigenvalue weighted by Crippen LogP contribution is -2.16. The third kappa shape index (κ3) is 3.96. The van der Waals surface area contributed by atoms with Crippen molar-refractivity contribution >= 4 is 23.1 Å². The summed E-state index contributed by atoms with van der Waals surface area (Å²) in [6.07, 6.45) is 0. The van der Waals surface area contributed by atoms with Gasteiger partial charge in [0.15, 0.2) is 0 Å². The lowest BCUT2D eigenvalue weighted by molar-refractivity contribution is 0.414. The molecule has 2 rings (SSSR count). The molecule has 19 heavy (non-hydrogen) atoms. The van der Waals surface area contributed by atoms with Gasteiger partial charge in [-0.1, -0.05) is 17.7 Å². The Kier molecular flexibility index (Phi) is 4.36. The average molecular weight is 273 g/mol. The van der Waals surface area contributed by atoms with Crippen molar-refractivity contribution < 1.29 is 9.47 Å². The van der Waals surface area contributed by atoms with Crippen molar-refractivity contribution in [2.45, 2.75) is 6.92 Å². The molecule has 0 aliphatic carbocycles. The molecule has 0 aliphatic rings. The largest absolute Gasteiger partial charge is 0.497 e. The summed E-state index contributed by atoms with van der Waals surface area (Å²) in [4.78, 5) is 0. The topological polar surface area (TPSA) is 30.5 Å². The highest BCUT2D eigenvalue weighted by Gasteiger charge is 2.01. The van der Waals surface area contributed by atoms with Crippen LogP contribution < -0.4 is 14.8 Å². The highest BCUT2D eigenvalue weighted by atomic mass is 32.1. The zero-order valence-corrected chi connectivity index (χ0v) is 11.7. The normalized spacial score (nSPS) is 9.79. The van der Waals surface area contributed by atoms with Crippen LogP contribution in [0.4, 0.5) is 5.69 Å². The van der Waals surface area contributed by atoms with Crippen LogP contribution in [0.25, 0.3) is 0 Å². The molecule has 98 valence electrons. The summed E-state index contributed by atoms with van der Waals surface area (Å²) in [5, 5.41) is 3.34. The van der Waals surface area contributed by atoms with E-state index >= 15 is 0 Å². The van der Waals surface area contributed by atoms with Crippen LogP contribution in [-0.4, -0.2) is 12.3 Å². The fourth-order valence-corrected chi connectivity index (χ4v) is 1.75. The molecule has 0 heterocycles. The van der Waals surface area contributed by atoms with Gasteiger partial charge < -0.3 is 14.8 Å². The number of anilines is 1. The Labute approximate surface area is 118 Å². The van der Waals surface area contributed by atoms with E-state index in [0.29, 0.717) is 10.9 Å². The summed E-state index contributed by atoms with van der Waals surface area (Å²) in [6, 6.07) is 15.2. The molecule has 0 bridgehead atoms. The van der Waals surface area contributed by atoms with Crippen LogP contribution in [0, 0.1) is 6.92 Å². The Bertz CT molecular complexity index is 549. The number of benzene rings is 2. The van der Waals surface area contributed by atoms with Crippen molar-refractivity contribution in [1.29, 1.82) is 0 Å². The summed E-state index contributed by atoms with van der Waals surface area (Å²) in [5.74, 6) is 1.45. The minimum atomic E-state index is 0.314. The van der Waals surface area contributed by atoms with E-state index in [2.05, 4.69) is 5.32 Å². The van der Waals surface area contributed by atoms with Crippen molar-refractivity contribution in [3.05, 3.63) is 54.1 Å². The number of methoxy groups -OCH3 is 1. The van der Waals surface area contributed by atoms with Crippen molar-refractivity contribution in [1.82, 2.24) is 0 Å². The quantitative estimate of drug-likeness (QED) is 0.862. The predicted molar refractivity (Wildman–Crippen MR) is 81.0 cm³/mol. The Morgan fingerprint density at radius 3 is 2.11 bits per heavy atom. The highest BCUT2D eigenvalue weighted by Crippen LogP contribution is 2.18. The molecule has 0 atom stereocenters. The van der Waals surface area contributed by atoms with Gasteiger partial charge in [-0.3, -0.25) is 0 Å². The maximum atomic E-state index is 5.51. The zero-order chi connectivity index (χ0) is 13.7. The van der Waals surface area contributed by atoms with Crippen LogP contribution in [0.3, 0.4) is 0 Å². The highest BCUT2D eigenvalue weighted by molar-refractivity contribution is 7.80. The molecule has 0 saturated carbocycles. The minimum absolute atomic E-state index is 0.314. The van der Waals surface area contributed by atoms with Gasteiger partial charge in [-0.05, 0) is 55.5 Å². The lowest BCUT2D eigenvalue weighted by Gasteiger charge is -2.10. The van der Waals surface area contributed by atoms with Crippen LogP contribution in [-0.2, 0) is 0 Å². The average Bonchev–Trinajstić information content (AvgIpc) is 2.42. The number of hydrogen-bond acceptors (Lipinski definition) is 3. The van der Waals surface area contributed by atoms with Gasteiger partial charge in [0.1, 0.15) is 11.5 Å². The van der Waals surface area contributed by atoms with Gasteiger partial charge in [-0.15, -0.1) is 0 Å². The molecule has 1 N–H and O–H groups in total. The van der Waals surface area contributed by atoms with Crippen LogP contribution in [0.1, 0.15) is 5.56 Å². The van der Waals surface area contributed by atoms with Gasteiger partial charge in [0.25, 0.3) is 5.17 Å². The summed E-state index contributed by atoms with van der Waals surface area (Å²) in [7, 11) is 1.62. The summed E-state index contributed by atoms with van der Waals surface area (Å²) in [5.41, 5.74) is 2.11. The van der Waals surface area contributed by atoms with Crippen LogP contribution in [0.5, 0.6) is 11.5 Å². The second-order valence-electron chi connectivity index (χ2n) is 4.06. The van der Waals surface area contributed by atoms with Crippen molar-refractivity contribution in [2.24, 2.45) is 0 Å². The molecule has 0 unspecified atom stereocenters. The maximum Gasteiger partial charge on any atom is 0.266 e. The van der Waals surface area contributed by atoms with E-state index in [0.717, 1.165) is 11.4 Å². The first-order valence-electron chi connectivity index (χ1n) is 5.87. The molecule has 0 fully saturated rings. The molecule has 2 aromatic rings. The predicted octanol–water partition coefficient (Wildman–Crippen LogP) is 3.78. The molecule has 0 spiro atoms. The van der Waals surface area contributed by atoms with Gasteiger partial charge in [-0.25, -0.2) is 0 Å². The zero-order valence-electron chi connectivity index (χ0n) is 10.8. The lowest BCUT2D eigenvalue weighted by atomic mass is 10.2. The summed E-state index contributed by atoms with van der Waals surface area (Å²) in [6.45, 7) is 2.04. The molecule has 2 aromatic carbocycles. The van der Waals surface area contributed by atoms with E-state index in [1.54, 1.807) is 7.11 Å². The first kappa shape index (κ1) is 13.4. The van der Waals surface area contributed by atoms with Crippen molar-refractivity contribution in [2.75, 3.05) is 12.4 Å². The fourth-order valence-electron chi connectivity index (χ4n) is 1.53. The second-order valence-corrected chi connectivity index (χ2v) is 4.43. The molecule has 0 radical (unpaired) electrons. The molecule has 4 heteroatoms. The molecular formula is C15H15NO2S. The van der Waals surface area contributed by atoms with E-state index in [4.69, 9.17) is 21.7 Å². The molecule has 0 aliphatic heterocycles. The van der Waals surface area contributed by atoms with Crippen LogP contribution in [0.15, 0.2) is 48.5 Å². The second kappa shape index (κ2) is 6.20. The maximum absolute atomic E-state index is 5.51. The van der Waals surface area contributed by atoms with Crippen LogP contribution in [0.2, 0.25) is 0 Å². The number of rotatable bonds is 3. The Hall–Kier alpha value is -2.07. The number of ether oxygens (including phenoxy) is 2. The van der Waals surface area contributed by atoms with Gasteiger partial charge in [0, 0.05) is 5.69 Å². The monoisotopic (exact) mass is 273 g/mol. The molecule has 0 amide bonds. The van der Waals surface area contributed by atoms with Gasteiger partial charge in [-0.2, -0.15) is 0 Å². The number of aryl methyl sites for hydroxylation is 1. The standard InChI is InChI=1S/C15H15NO2S/c1-11-3-5-12(6-4-11)16-15(19)18-14-9-7-13(17-2)8-10-14/h3-10H,1-2H3,(H,16,19). The first-order valence-corrected chi connectivity index (χ1v) is 6.28. The Balaban J connectivity index is 1.95. The summed E-state index contributed by atoms with van der Waals surface area (Å²) < 4.78 is 10.6. The van der Waals surface area contributed by atoms with E-state index in [1.165, 1.54) is 5.56 Å². The number of hydrogen-bond donors (Lipinski definition) is 1. The van der Waals surface area contributed by atoms with E-state index in [-0.39, 0.29) is 0 Å². The number of thiocarbonyl (C=S) groups is 1. The van der Waals surface area contributed by atoms with Crippen molar-refractivity contribution in [3.63, 3.8) is 0 Å². The van der Waals surface area contributed by atoms with Gasteiger partial charge >= 0.3 is 0 Å². The summed E-state index contributed by atoms with van der Waals surface area (Å²) >= 11 is 5.15. The number of nitrogens with one attached hydrogen (secondary N) is 1. The molecule has 0 saturated heterocycles. The third-order valence-electron chi connectivity index (χ3n) is 2.57. The van der Waals surface area contributed by atoms with E-state index < -0.39 is 0 Å². The van der Waals surface area contributed by atoms with E-state index in [9.17, 15) is 0 Å². The van der Waals surface area contributed by atoms with Gasteiger partial charge in [0.05, 0.1) is 7.11 Å². The fraction of sp³-hybridized carbons (Fsp3) is 0.133. The third-order valence-corrected chi connectivity index (χ3v) is 2.75. The smallest absolute Gasteiger partial charge is 0.266 e. The van der Waals surface area contributed by atoms with E-state index in [1.807, 2.05) is 55.5 Å². The Morgan fingerprint density at radius 1 is 0.947 bits per heavy atom. The molecule has 0 aromatic heterocycles. The Morgan fingerprint density at radius 2 is 1.53 bits per heavy atom. The first-order chi connectivity index (χ1) is 9.17. The molecule has 3 nitrogen and oxygen atoms in total.